The Balaban J connectivity index is 0.00000220. The molecule has 1 N–H and O–H groups in total. The number of halogens is 1. The first-order valence-corrected chi connectivity index (χ1v) is 6.34. The molecule has 1 atom stereocenters. The van der Waals surface area contributed by atoms with E-state index in [2.05, 4.69) is 5.32 Å². The molecule has 0 saturated carbocycles. The Bertz CT molecular complexity index is 589. The van der Waals surface area contributed by atoms with Gasteiger partial charge in [-0.2, -0.15) is 0 Å². The van der Waals surface area contributed by atoms with E-state index >= 15 is 0 Å². The van der Waals surface area contributed by atoms with Crippen LogP contribution < -0.4 is 10.9 Å². The van der Waals surface area contributed by atoms with E-state index in [1.165, 1.54) is 0 Å². The monoisotopic (exact) mass is 316 g/mol. The van der Waals surface area contributed by atoms with Crippen molar-refractivity contribution < 1.29 is 9.72 Å². The largest absolute Gasteiger partial charge is 0.336 e. The predicted molar refractivity (Wildman–Crippen MR) is 78.6 cm³/mol. The third kappa shape index (κ3) is 4.02. The van der Waals surface area contributed by atoms with E-state index in [-0.39, 0.29) is 36.6 Å². The number of nitrogens with zero attached hydrogens (tertiary/aromatic N) is 3. The number of carbonyl (C=O) groups is 1. The summed E-state index contributed by atoms with van der Waals surface area (Å²) in [4.78, 5) is 35.6. The molecule has 1 aliphatic heterocycles. The van der Waals surface area contributed by atoms with Crippen LogP contribution in [0.25, 0.3) is 0 Å². The lowest BCUT2D eigenvalue weighted by Crippen LogP contribution is -2.53. The summed E-state index contributed by atoms with van der Waals surface area (Å²) in [6.07, 6.45) is 1.10. The highest BCUT2D eigenvalue weighted by atomic mass is 35.5. The fraction of sp³-hybridized carbons (Fsp3) is 0.500. The van der Waals surface area contributed by atoms with Crippen molar-refractivity contribution in [1.29, 1.82) is 0 Å². The first-order valence-electron chi connectivity index (χ1n) is 6.34. The molecule has 1 aromatic rings. The molecule has 0 aliphatic carbocycles. The number of carbonyl (C=O) groups excluding carboxylic acids is 1. The van der Waals surface area contributed by atoms with Gasteiger partial charge in [0.15, 0.2) is 0 Å². The van der Waals surface area contributed by atoms with Crippen molar-refractivity contribution in [2.75, 3.05) is 19.6 Å². The molecule has 1 amide bonds. The van der Waals surface area contributed by atoms with E-state index in [1.807, 2.05) is 6.92 Å². The quantitative estimate of drug-likeness (QED) is 0.625. The molecule has 1 saturated heterocycles. The molecule has 0 radical (unpaired) electrons. The normalized spacial score (nSPS) is 18.0. The van der Waals surface area contributed by atoms with Crippen molar-refractivity contribution in [3.63, 3.8) is 0 Å². The van der Waals surface area contributed by atoms with Gasteiger partial charge in [0.05, 0.1) is 11.1 Å². The smallest absolute Gasteiger partial charge is 0.285 e. The van der Waals surface area contributed by atoms with Gasteiger partial charge in [0, 0.05) is 37.8 Å². The minimum Gasteiger partial charge on any atom is -0.336 e. The van der Waals surface area contributed by atoms with Gasteiger partial charge < -0.3 is 10.2 Å². The standard InChI is InChI=1S/C12H16N4O4.ClH/c1-9-6-13-4-5-15(9)12(18)8-14-7-10(16(19)20)2-3-11(14)17;/h2-3,7,9,13H,4-6,8H2,1H3;1H/t9-;/m1./s1. The van der Waals surface area contributed by atoms with Crippen LogP contribution in [-0.2, 0) is 11.3 Å². The summed E-state index contributed by atoms with van der Waals surface area (Å²) in [6.45, 7) is 3.73. The average Bonchev–Trinajstić information content (AvgIpc) is 2.41. The van der Waals surface area contributed by atoms with Gasteiger partial charge in [-0.25, -0.2) is 0 Å². The molecule has 9 heteroatoms. The number of hydrogen-bond donors (Lipinski definition) is 1. The van der Waals surface area contributed by atoms with Crippen LogP contribution in [0.1, 0.15) is 6.92 Å². The second-order valence-electron chi connectivity index (χ2n) is 4.75. The Morgan fingerprint density at radius 3 is 2.86 bits per heavy atom. The number of hydrogen-bond acceptors (Lipinski definition) is 5. The number of nitrogens with one attached hydrogen (secondary N) is 1. The van der Waals surface area contributed by atoms with Crippen LogP contribution in [0.2, 0.25) is 0 Å². The second-order valence-corrected chi connectivity index (χ2v) is 4.75. The van der Waals surface area contributed by atoms with Crippen LogP contribution in [0.3, 0.4) is 0 Å². The lowest BCUT2D eigenvalue weighted by Gasteiger charge is -2.34. The Kier molecular flexibility index (Phi) is 5.86. The van der Waals surface area contributed by atoms with E-state index in [0.29, 0.717) is 19.6 Å². The summed E-state index contributed by atoms with van der Waals surface area (Å²) >= 11 is 0. The van der Waals surface area contributed by atoms with Crippen LogP contribution >= 0.6 is 12.4 Å². The van der Waals surface area contributed by atoms with Crippen molar-refractivity contribution in [2.45, 2.75) is 19.5 Å². The second kappa shape index (κ2) is 7.19. The van der Waals surface area contributed by atoms with Crippen LogP contribution in [0.4, 0.5) is 5.69 Å². The lowest BCUT2D eigenvalue weighted by molar-refractivity contribution is -0.385. The first-order chi connectivity index (χ1) is 9.49. The average molecular weight is 317 g/mol. The van der Waals surface area contributed by atoms with Crippen LogP contribution in [0.15, 0.2) is 23.1 Å². The zero-order valence-corrected chi connectivity index (χ0v) is 12.3. The molecular weight excluding hydrogens is 300 g/mol. The molecule has 21 heavy (non-hydrogen) atoms. The molecule has 0 bridgehead atoms. The Hall–Kier alpha value is -1.93. The van der Waals surface area contributed by atoms with Gasteiger partial charge in [-0.05, 0) is 6.92 Å². The molecular formula is C12H17ClN4O4. The highest BCUT2D eigenvalue weighted by Crippen LogP contribution is 2.08. The summed E-state index contributed by atoms with van der Waals surface area (Å²) < 4.78 is 1.08. The van der Waals surface area contributed by atoms with Gasteiger partial charge in [-0.1, -0.05) is 0 Å². The highest BCUT2D eigenvalue weighted by Gasteiger charge is 2.23. The molecule has 2 rings (SSSR count). The van der Waals surface area contributed by atoms with Crippen LogP contribution in [0.5, 0.6) is 0 Å². The molecule has 2 heterocycles. The zero-order valence-electron chi connectivity index (χ0n) is 11.5. The van der Waals surface area contributed by atoms with Gasteiger partial charge in [0.2, 0.25) is 5.91 Å². The van der Waals surface area contributed by atoms with Crippen molar-refractivity contribution in [3.8, 4) is 0 Å². The Morgan fingerprint density at radius 1 is 1.52 bits per heavy atom. The summed E-state index contributed by atoms with van der Waals surface area (Å²) in [5, 5.41) is 13.9. The number of pyridine rings is 1. The first kappa shape index (κ1) is 17.1. The van der Waals surface area contributed by atoms with Gasteiger partial charge >= 0.3 is 0 Å². The van der Waals surface area contributed by atoms with Gasteiger partial charge in [0.1, 0.15) is 6.54 Å². The molecule has 0 unspecified atom stereocenters. The minimum atomic E-state index is -0.589. The predicted octanol–water partition coefficient (Wildman–Crippen LogP) is -0.00140. The topological polar surface area (TPSA) is 97.5 Å². The molecule has 1 fully saturated rings. The third-order valence-electron chi connectivity index (χ3n) is 3.31. The van der Waals surface area contributed by atoms with E-state index in [1.54, 1.807) is 4.90 Å². The van der Waals surface area contributed by atoms with E-state index in [0.717, 1.165) is 22.9 Å². The van der Waals surface area contributed by atoms with E-state index in [9.17, 15) is 19.7 Å². The van der Waals surface area contributed by atoms with Crippen LogP contribution in [-0.4, -0.2) is 46.0 Å². The lowest BCUT2D eigenvalue weighted by atomic mass is 10.2. The Labute approximate surface area is 127 Å². The van der Waals surface area contributed by atoms with E-state index in [4.69, 9.17) is 0 Å². The van der Waals surface area contributed by atoms with Gasteiger partial charge in [-0.3, -0.25) is 24.3 Å². The van der Waals surface area contributed by atoms with Gasteiger partial charge in [0.25, 0.3) is 11.2 Å². The number of piperazine rings is 1. The Morgan fingerprint density at radius 2 is 2.24 bits per heavy atom. The molecule has 8 nitrogen and oxygen atoms in total. The summed E-state index contributed by atoms with van der Waals surface area (Å²) in [6, 6.07) is 2.29. The number of rotatable bonds is 3. The minimum absolute atomic E-state index is 0. The maximum absolute atomic E-state index is 12.2. The number of nitro groups is 1. The van der Waals surface area contributed by atoms with Crippen LogP contribution in [0, 0.1) is 10.1 Å². The summed E-state index contributed by atoms with van der Waals surface area (Å²) in [5.74, 6) is -0.207. The number of amides is 1. The molecule has 1 aromatic heterocycles. The highest BCUT2D eigenvalue weighted by molar-refractivity contribution is 5.85. The maximum Gasteiger partial charge on any atom is 0.285 e. The molecule has 1 aliphatic rings. The van der Waals surface area contributed by atoms with Gasteiger partial charge in [-0.15, -0.1) is 12.4 Å². The SMILES string of the molecule is C[C@@H]1CNCCN1C(=O)Cn1cc([N+](=O)[O-])ccc1=O.Cl. The third-order valence-corrected chi connectivity index (χ3v) is 3.31. The van der Waals surface area contributed by atoms with Crippen molar-refractivity contribution in [2.24, 2.45) is 0 Å². The summed E-state index contributed by atoms with van der Waals surface area (Å²) in [7, 11) is 0. The van der Waals surface area contributed by atoms with E-state index < -0.39 is 10.5 Å². The fourth-order valence-corrected chi connectivity index (χ4v) is 2.20. The van der Waals surface area contributed by atoms with Crippen molar-refractivity contribution in [3.05, 3.63) is 38.8 Å². The fourth-order valence-electron chi connectivity index (χ4n) is 2.20. The molecule has 0 aromatic carbocycles. The summed E-state index contributed by atoms with van der Waals surface area (Å²) in [5.41, 5.74) is -0.627. The zero-order chi connectivity index (χ0) is 14.7. The number of aromatic nitrogens is 1. The molecule has 116 valence electrons. The van der Waals surface area contributed by atoms with Crippen molar-refractivity contribution >= 4 is 24.0 Å². The molecule has 0 spiro atoms. The maximum atomic E-state index is 12.2. The van der Waals surface area contributed by atoms with Crippen molar-refractivity contribution in [1.82, 2.24) is 14.8 Å².